The predicted molar refractivity (Wildman–Crippen MR) is 43.2 cm³/mol. The first-order chi connectivity index (χ1) is 5.20. The third-order valence-corrected chi connectivity index (χ3v) is 0.723. The van der Waals surface area contributed by atoms with Crippen LogP contribution in [-0.2, 0) is 19.1 Å². The molecule has 4 nitrogen and oxygen atoms in total. The first kappa shape index (κ1) is 14.0. The Balaban J connectivity index is 0. The zero-order valence-electron chi connectivity index (χ0n) is 7.07. The van der Waals surface area contributed by atoms with Gasteiger partial charge in [-0.2, -0.15) is 0 Å². The maximum Gasteiger partial charge on any atom is 0.338 e. The van der Waals surface area contributed by atoms with E-state index in [4.69, 9.17) is 0 Å². The van der Waals surface area contributed by atoms with Crippen LogP contribution in [0.15, 0.2) is 25.0 Å². The van der Waals surface area contributed by atoms with Gasteiger partial charge in [-0.1, -0.05) is 6.58 Å². The number of ether oxygens (including phenoxy) is 2. The van der Waals surface area contributed by atoms with Crippen molar-refractivity contribution in [3.63, 3.8) is 0 Å². The number of methoxy groups -OCH3 is 1. The summed E-state index contributed by atoms with van der Waals surface area (Å²) in [6, 6.07) is 0. The van der Waals surface area contributed by atoms with Crippen LogP contribution < -0.4 is 0 Å². The molecule has 1 aliphatic rings. The Morgan fingerprint density at radius 2 is 1.75 bits per heavy atom. The van der Waals surface area contributed by atoms with E-state index in [2.05, 4.69) is 16.1 Å². The Morgan fingerprint density at radius 1 is 1.42 bits per heavy atom. The maximum absolute atomic E-state index is 9.92. The number of hydrogen-bond acceptors (Lipinski definition) is 4. The van der Waals surface area contributed by atoms with Crippen LogP contribution in [0.2, 0.25) is 0 Å². The monoisotopic (exact) mass is 179 g/mol. The number of esters is 2. The number of rotatable bonds is 1. The Kier molecular flexibility index (Phi) is 9.92. The molecule has 0 bridgehead atoms. The summed E-state index contributed by atoms with van der Waals surface area (Å²) in [6.07, 6.45) is 3.55. The van der Waals surface area contributed by atoms with Gasteiger partial charge >= 0.3 is 11.9 Å². The number of carbonyl (C=O) groups excluding carboxylic acids is 2. The molecule has 0 unspecified atom stereocenters. The van der Waals surface area contributed by atoms with Crippen molar-refractivity contribution >= 4 is 41.5 Å². The molecule has 1 radical (unpaired) electrons. The molecule has 61 valence electrons. The number of carbonyl (C=O) groups is 2. The second kappa shape index (κ2) is 8.52. The summed E-state index contributed by atoms with van der Waals surface area (Å²) in [5.74, 6) is -1.16. The van der Waals surface area contributed by atoms with E-state index in [0.29, 0.717) is 0 Å². The van der Waals surface area contributed by atoms with E-state index in [1.165, 1.54) is 6.26 Å². The van der Waals surface area contributed by atoms with Gasteiger partial charge in [-0.3, -0.25) is 0 Å². The van der Waals surface area contributed by atoms with Gasteiger partial charge in [0.15, 0.2) is 0 Å². The molecule has 0 spiro atoms. The van der Waals surface area contributed by atoms with Crippen molar-refractivity contribution in [2.24, 2.45) is 0 Å². The molecule has 1 rings (SSSR count). The second-order valence-corrected chi connectivity index (χ2v) is 1.48. The molecule has 0 fully saturated rings. The fraction of sp³-hybridized carbons (Fsp3) is 0.143. The van der Waals surface area contributed by atoms with Crippen molar-refractivity contribution in [3.05, 3.63) is 25.0 Å². The molecular weight excluding hydrogens is 171 g/mol. The van der Waals surface area contributed by atoms with E-state index < -0.39 is 11.9 Å². The normalized spacial score (nSPS) is 12.1. The summed E-state index contributed by atoms with van der Waals surface area (Å²) in [5, 5.41) is 0. The Hall–Kier alpha value is -0.580. The molecule has 0 aliphatic carbocycles. The summed E-state index contributed by atoms with van der Waals surface area (Å²) in [6.45, 7) is 3.26. The summed E-state index contributed by atoms with van der Waals surface area (Å²) < 4.78 is 8.28. The van der Waals surface area contributed by atoms with Crippen LogP contribution >= 0.6 is 0 Å². The minimum atomic E-state index is -0.579. The summed E-state index contributed by atoms with van der Waals surface area (Å²) >= 11 is 0. The number of cyclic esters (lactones) is 2. The SMILES string of the molecule is C=COC.O=C1C=CC(=O)O1.[Na]. The van der Waals surface area contributed by atoms with E-state index in [1.54, 1.807) is 7.11 Å². The van der Waals surface area contributed by atoms with Crippen molar-refractivity contribution in [1.29, 1.82) is 0 Å². The third kappa shape index (κ3) is 7.53. The summed E-state index contributed by atoms with van der Waals surface area (Å²) in [5.41, 5.74) is 0. The van der Waals surface area contributed by atoms with Crippen molar-refractivity contribution in [2.45, 2.75) is 0 Å². The van der Waals surface area contributed by atoms with Gasteiger partial charge in [0.25, 0.3) is 0 Å². The molecule has 0 amide bonds. The van der Waals surface area contributed by atoms with Gasteiger partial charge in [0.2, 0.25) is 0 Å². The zero-order valence-corrected chi connectivity index (χ0v) is 9.07. The molecule has 0 N–H and O–H groups in total. The van der Waals surface area contributed by atoms with Crippen LogP contribution in [0.3, 0.4) is 0 Å². The molecule has 0 saturated heterocycles. The summed E-state index contributed by atoms with van der Waals surface area (Å²) in [4.78, 5) is 19.8. The zero-order chi connectivity index (χ0) is 8.69. The van der Waals surface area contributed by atoms with E-state index in [1.807, 2.05) is 0 Å². The van der Waals surface area contributed by atoms with E-state index in [0.717, 1.165) is 12.2 Å². The fourth-order valence-corrected chi connectivity index (χ4v) is 0.303. The first-order valence-corrected chi connectivity index (χ1v) is 2.78. The molecule has 0 atom stereocenters. The van der Waals surface area contributed by atoms with Crippen molar-refractivity contribution < 1.29 is 19.1 Å². The van der Waals surface area contributed by atoms with Crippen LogP contribution in [0.4, 0.5) is 0 Å². The molecule has 1 aliphatic heterocycles. The average Bonchev–Trinajstić information content (AvgIpc) is 2.35. The van der Waals surface area contributed by atoms with Crippen molar-refractivity contribution in [3.8, 4) is 0 Å². The largest absolute Gasteiger partial charge is 0.505 e. The quantitative estimate of drug-likeness (QED) is 0.246. The van der Waals surface area contributed by atoms with Crippen molar-refractivity contribution in [1.82, 2.24) is 0 Å². The number of hydrogen-bond donors (Lipinski definition) is 0. The van der Waals surface area contributed by atoms with Crippen LogP contribution in [0, 0.1) is 0 Å². The van der Waals surface area contributed by atoms with Crippen LogP contribution in [-0.4, -0.2) is 48.6 Å². The summed E-state index contributed by atoms with van der Waals surface area (Å²) in [7, 11) is 1.56. The molecule has 0 aromatic rings. The predicted octanol–water partition coefficient (Wildman–Crippen LogP) is 0.0215. The van der Waals surface area contributed by atoms with E-state index in [9.17, 15) is 9.59 Å². The van der Waals surface area contributed by atoms with E-state index in [-0.39, 0.29) is 29.6 Å². The van der Waals surface area contributed by atoms with Gasteiger partial charge < -0.3 is 9.47 Å². The topological polar surface area (TPSA) is 52.6 Å². The van der Waals surface area contributed by atoms with Gasteiger partial charge in [-0.05, 0) is 0 Å². The molecule has 0 saturated carbocycles. The Bertz CT molecular complexity index is 182. The molecule has 0 aromatic carbocycles. The van der Waals surface area contributed by atoms with Gasteiger partial charge in [0.05, 0.1) is 13.4 Å². The first-order valence-electron chi connectivity index (χ1n) is 2.78. The molecular formula is C7H8NaO4. The van der Waals surface area contributed by atoms with Crippen LogP contribution in [0.5, 0.6) is 0 Å². The van der Waals surface area contributed by atoms with Crippen molar-refractivity contribution in [2.75, 3.05) is 7.11 Å². The fourth-order valence-electron chi connectivity index (χ4n) is 0.303. The third-order valence-electron chi connectivity index (χ3n) is 0.723. The van der Waals surface area contributed by atoms with Gasteiger partial charge in [0, 0.05) is 41.7 Å². The van der Waals surface area contributed by atoms with Gasteiger partial charge in [-0.15, -0.1) is 0 Å². The standard InChI is InChI=1S/C4H2O3.C3H6O.Na/c5-3-1-2-4(6)7-3;1-3-4-2;/h1-2H;3H,1H2,2H3;. The molecule has 5 heteroatoms. The Labute approximate surface area is 92.5 Å². The van der Waals surface area contributed by atoms with Gasteiger partial charge in [0.1, 0.15) is 0 Å². The molecule has 12 heavy (non-hydrogen) atoms. The minimum Gasteiger partial charge on any atom is -0.505 e. The van der Waals surface area contributed by atoms with E-state index >= 15 is 0 Å². The van der Waals surface area contributed by atoms with Gasteiger partial charge in [-0.25, -0.2) is 9.59 Å². The average molecular weight is 179 g/mol. The minimum absolute atomic E-state index is 0. The smallest absolute Gasteiger partial charge is 0.338 e. The van der Waals surface area contributed by atoms with Crippen LogP contribution in [0.1, 0.15) is 0 Å². The molecule has 0 aromatic heterocycles. The second-order valence-electron chi connectivity index (χ2n) is 1.48. The Morgan fingerprint density at radius 3 is 1.83 bits per heavy atom. The maximum atomic E-state index is 9.92. The molecule has 1 heterocycles. The van der Waals surface area contributed by atoms with Crippen LogP contribution in [0.25, 0.3) is 0 Å².